The molecule has 0 bridgehead atoms. The monoisotopic (exact) mass is 286 g/mol. The number of benzene rings is 1. The Morgan fingerprint density at radius 3 is 3.10 bits per heavy atom. The third-order valence-electron chi connectivity index (χ3n) is 3.75. The number of carbonyl (C=O) groups is 1. The second-order valence-electron chi connectivity index (χ2n) is 5.17. The van der Waals surface area contributed by atoms with E-state index in [1.165, 1.54) is 17.4 Å². The smallest absolute Gasteiger partial charge is 0.253 e. The third kappa shape index (κ3) is 3.25. The van der Waals surface area contributed by atoms with E-state index in [0.717, 1.165) is 19.5 Å². The Bertz CT molecular complexity index is 591. The van der Waals surface area contributed by atoms with Crippen molar-refractivity contribution in [2.75, 3.05) is 19.6 Å². The molecule has 2 N–H and O–H groups in total. The molecule has 7 nitrogen and oxygen atoms in total. The maximum Gasteiger partial charge on any atom is 0.253 e. The molecule has 1 aliphatic heterocycles. The maximum atomic E-state index is 12.3. The number of hydrogen-bond donors (Lipinski definition) is 2. The summed E-state index contributed by atoms with van der Waals surface area (Å²) in [5, 5.41) is 17.4. The summed E-state index contributed by atoms with van der Waals surface area (Å²) in [7, 11) is 0. The van der Waals surface area contributed by atoms with Gasteiger partial charge in [-0.2, -0.15) is 4.68 Å². The molecule has 1 aliphatic rings. The van der Waals surface area contributed by atoms with Crippen molar-refractivity contribution in [3.63, 3.8) is 0 Å². The van der Waals surface area contributed by atoms with Gasteiger partial charge in [-0.3, -0.25) is 4.79 Å². The van der Waals surface area contributed by atoms with Crippen molar-refractivity contribution in [1.29, 1.82) is 0 Å². The van der Waals surface area contributed by atoms with Crippen LogP contribution in [0.15, 0.2) is 30.6 Å². The first kappa shape index (κ1) is 13.7. The van der Waals surface area contributed by atoms with Gasteiger partial charge < -0.3 is 10.6 Å². The Hall–Kier alpha value is -2.28. The number of nitrogens with zero attached hydrogens (tertiary/aromatic N) is 4. The van der Waals surface area contributed by atoms with Crippen LogP contribution in [0.3, 0.4) is 0 Å². The van der Waals surface area contributed by atoms with Crippen molar-refractivity contribution < 1.29 is 4.79 Å². The molecule has 2 heterocycles. The second-order valence-corrected chi connectivity index (χ2v) is 5.17. The minimum absolute atomic E-state index is 0.0907. The molecule has 110 valence electrons. The average molecular weight is 286 g/mol. The molecule has 0 radical (unpaired) electrons. The largest absolute Gasteiger partial charge is 0.352 e. The lowest BCUT2D eigenvalue weighted by Gasteiger charge is -2.11. The van der Waals surface area contributed by atoms with Crippen LogP contribution in [0, 0.1) is 5.92 Å². The normalized spacial score (nSPS) is 17.8. The molecule has 0 spiro atoms. The first-order valence-corrected chi connectivity index (χ1v) is 7.16. The van der Waals surface area contributed by atoms with Crippen LogP contribution < -0.4 is 10.6 Å². The van der Waals surface area contributed by atoms with Crippen LogP contribution in [0.4, 0.5) is 0 Å². The molecule has 0 aliphatic carbocycles. The summed E-state index contributed by atoms with van der Waals surface area (Å²) in [6.07, 6.45) is 3.68. The van der Waals surface area contributed by atoms with E-state index >= 15 is 0 Å². The van der Waals surface area contributed by atoms with Crippen molar-refractivity contribution in [3.8, 4) is 5.69 Å². The van der Waals surface area contributed by atoms with Gasteiger partial charge in [0.25, 0.3) is 5.91 Å². The first-order valence-electron chi connectivity index (χ1n) is 7.16. The van der Waals surface area contributed by atoms with Crippen molar-refractivity contribution in [1.82, 2.24) is 30.8 Å². The van der Waals surface area contributed by atoms with Crippen molar-refractivity contribution in [3.05, 3.63) is 36.2 Å². The molecule has 1 fully saturated rings. The van der Waals surface area contributed by atoms with Crippen LogP contribution in [0.25, 0.3) is 5.69 Å². The SMILES string of the molecule is O=C(NCCC1CCNC1)c1ccccc1-n1cnnn1. The number of para-hydroxylation sites is 1. The highest BCUT2D eigenvalue weighted by Gasteiger charge is 2.16. The quantitative estimate of drug-likeness (QED) is 0.830. The van der Waals surface area contributed by atoms with E-state index in [2.05, 4.69) is 26.2 Å². The zero-order valence-corrected chi connectivity index (χ0v) is 11.7. The lowest BCUT2D eigenvalue weighted by molar-refractivity contribution is 0.0951. The number of rotatable bonds is 5. The summed E-state index contributed by atoms with van der Waals surface area (Å²) in [5.74, 6) is 0.576. The standard InChI is InChI=1S/C14H18N6O/c21-14(16-8-6-11-5-7-15-9-11)12-3-1-2-4-13(12)20-10-17-18-19-20/h1-4,10-11,15H,5-9H2,(H,16,21). The van der Waals surface area contributed by atoms with E-state index in [1.54, 1.807) is 6.07 Å². The topological polar surface area (TPSA) is 84.7 Å². The summed E-state index contributed by atoms with van der Waals surface area (Å²) in [5.41, 5.74) is 1.26. The van der Waals surface area contributed by atoms with Gasteiger partial charge in [0, 0.05) is 6.54 Å². The zero-order valence-electron chi connectivity index (χ0n) is 11.7. The summed E-state index contributed by atoms with van der Waals surface area (Å²) >= 11 is 0. The van der Waals surface area contributed by atoms with Gasteiger partial charge in [0.15, 0.2) is 0 Å². The molecule has 1 unspecified atom stereocenters. The Labute approximate surface area is 122 Å². The fourth-order valence-corrected chi connectivity index (χ4v) is 2.58. The van der Waals surface area contributed by atoms with Crippen molar-refractivity contribution >= 4 is 5.91 Å². The van der Waals surface area contributed by atoms with Crippen LogP contribution in [0.2, 0.25) is 0 Å². The van der Waals surface area contributed by atoms with Crippen molar-refractivity contribution in [2.45, 2.75) is 12.8 Å². The molecular weight excluding hydrogens is 268 g/mol. The second kappa shape index (κ2) is 6.45. The van der Waals surface area contributed by atoms with Gasteiger partial charge in [0.1, 0.15) is 6.33 Å². The number of hydrogen-bond acceptors (Lipinski definition) is 5. The number of aromatic nitrogens is 4. The van der Waals surface area contributed by atoms with Crippen LogP contribution in [0.5, 0.6) is 0 Å². The Morgan fingerprint density at radius 1 is 1.43 bits per heavy atom. The molecule has 1 aromatic heterocycles. The molecule has 2 aromatic rings. The van der Waals surface area contributed by atoms with Crippen molar-refractivity contribution in [2.24, 2.45) is 5.92 Å². The van der Waals surface area contributed by atoms with Gasteiger partial charge in [0.05, 0.1) is 11.3 Å². The number of carbonyl (C=O) groups excluding carboxylic acids is 1. The first-order chi connectivity index (χ1) is 10.3. The summed E-state index contributed by atoms with van der Waals surface area (Å²) in [4.78, 5) is 12.3. The lowest BCUT2D eigenvalue weighted by atomic mass is 10.1. The molecule has 1 saturated heterocycles. The molecule has 21 heavy (non-hydrogen) atoms. The predicted molar refractivity (Wildman–Crippen MR) is 77.1 cm³/mol. The van der Waals surface area contributed by atoms with Gasteiger partial charge in [0.2, 0.25) is 0 Å². The summed E-state index contributed by atoms with van der Waals surface area (Å²) in [6.45, 7) is 2.83. The van der Waals surface area contributed by atoms with E-state index in [9.17, 15) is 4.79 Å². The van der Waals surface area contributed by atoms with Gasteiger partial charge in [-0.05, 0) is 54.4 Å². The van der Waals surface area contributed by atoms with E-state index in [4.69, 9.17) is 0 Å². The van der Waals surface area contributed by atoms with Gasteiger partial charge in [-0.15, -0.1) is 5.10 Å². The van der Waals surface area contributed by atoms with E-state index < -0.39 is 0 Å². The summed E-state index contributed by atoms with van der Waals surface area (Å²) < 4.78 is 1.50. The predicted octanol–water partition coefficient (Wildman–Crippen LogP) is 0.392. The van der Waals surface area contributed by atoms with Gasteiger partial charge in [-0.1, -0.05) is 12.1 Å². The number of nitrogens with one attached hydrogen (secondary N) is 2. The molecule has 0 saturated carbocycles. The molecular formula is C14H18N6O. The average Bonchev–Trinajstić information content (AvgIpc) is 3.20. The summed E-state index contributed by atoms with van der Waals surface area (Å²) in [6, 6.07) is 7.30. The molecule has 3 rings (SSSR count). The van der Waals surface area contributed by atoms with Gasteiger partial charge in [-0.25, -0.2) is 0 Å². The number of tetrazole rings is 1. The number of amides is 1. The Kier molecular flexibility index (Phi) is 4.20. The Morgan fingerprint density at radius 2 is 2.33 bits per heavy atom. The van der Waals surface area contributed by atoms with Gasteiger partial charge >= 0.3 is 0 Å². The Balaban J connectivity index is 1.64. The lowest BCUT2D eigenvalue weighted by Crippen LogP contribution is -2.27. The van der Waals surface area contributed by atoms with Crippen LogP contribution in [0.1, 0.15) is 23.2 Å². The highest BCUT2D eigenvalue weighted by Crippen LogP contribution is 2.14. The van der Waals surface area contributed by atoms with E-state index in [-0.39, 0.29) is 5.91 Å². The third-order valence-corrected chi connectivity index (χ3v) is 3.75. The van der Waals surface area contributed by atoms with Crippen LogP contribution >= 0.6 is 0 Å². The van der Waals surface area contributed by atoms with E-state index in [1.807, 2.05) is 18.2 Å². The van der Waals surface area contributed by atoms with E-state index in [0.29, 0.717) is 23.7 Å². The minimum atomic E-state index is -0.0907. The highest BCUT2D eigenvalue weighted by atomic mass is 16.1. The zero-order chi connectivity index (χ0) is 14.5. The van der Waals surface area contributed by atoms with Crippen LogP contribution in [-0.2, 0) is 0 Å². The fourth-order valence-electron chi connectivity index (χ4n) is 2.58. The molecule has 1 amide bonds. The minimum Gasteiger partial charge on any atom is -0.352 e. The fraction of sp³-hybridized carbons (Fsp3) is 0.429. The highest BCUT2D eigenvalue weighted by molar-refractivity contribution is 5.97. The van der Waals surface area contributed by atoms with Crippen LogP contribution in [-0.4, -0.2) is 45.7 Å². The molecule has 1 atom stereocenters. The molecule has 1 aromatic carbocycles. The maximum absolute atomic E-state index is 12.3. The molecule has 7 heteroatoms.